The number of hydrogen-bond donors (Lipinski definition) is 0. The van der Waals surface area contributed by atoms with Crippen molar-refractivity contribution in [1.29, 1.82) is 0 Å². The van der Waals surface area contributed by atoms with Gasteiger partial charge in [0, 0.05) is 0 Å². The van der Waals surface area contributed by atoms with Gasteiger partial charge in [0.25, 0.3) is 0 Å². The Kier molecular flexibility index (Phi) is 0.206. The third kappa shape index (κ3) is 0.133. The maximum atomic E-state index is 1.99. The second-order valence-electron chi connectivity index (χ2n) is 4.58. The van der Waals surface area contributed by atoms with Crippen LogP contribution >= 0.6 is 0 Å². The first kappa shape index (κ1) is 3.23. The van der Waals surface area contributed by atoms with Crippen LogP contribution in [-0.4, -0.2) is 0 Å². The van der Waals surface area contributed by atoms with Crippen LogP contribution in [0.4, 0.5) is 0 Å². The van der Waals surface area contributed by atoms with Crippen molar-refractivity contribution in [2.75, 3.05) is 0 Å². The first-order valence-corrected chi connectivity index (χ1v) is 4.22. The first-order chi connectivity index (χ1) is 4.48. The average molecular weight is 116 g/mol. The van der Waals surface area contributed by atoms with Crippen molar-refractivity contribution in [2.24, 2.45) is 35.5 Å². The summed E-state index contributed by atoms with van der Waals surface area (Å²) in [5, 5.41) is 0. The van der Waals surface area contributed by atoms with Gasteiger partial charge in [-0.15, -0.1) is 0 Å². The molecule has 0 aromatic heterocycles. The fraction of sp³-hybridized carbons (Fsp3) is 0.778. The minimum atomic E-state index is 1.19. The monoisotopic (exact) mass is 116 g/mol. The van der Waals surface area contributed by atoms with Crippen molar-refractivity contribution < 1.29 is 0 Å². The highest BCUT2D eigenvalue weighted by Crippen LogP contribution is 2.91. The zero-order chi connectivity index (χ0) is 5.33. The van der Waals surface area contributed by atoms with Crippen LogP contribution in [0.15, 0.2) is 11.1 Å². The summed E-state index contributed by atoms with van der Waals surface area (Å²) in [6.07, 6.45) is 1.64. The van der Waals surface area contributed by atoms with E-state index in [1.54, 1.807) is 6.42 Å². The molecule has 2 bridgehead atoms. The van der Waals surface area contributed by atoms with Crippen molar-refractivity contribution in [2.45, 2.75) is 6.42 Å². The molecule has 0 heteroatoms. The third-order valence-electron chi connectivity index (χ3n) is 4.71. The largest absolute Gasteiger partial charge is 0.0624 e. The molecule has 6 aliphatic rings. The van der Waals surface area contributed by atoms with Crippen LogP contribution in [0.25, 0.3) is 0 Å². The van der Waals surface area contributed by atoms with Gasteiger partial charge in [0.2, 0.25) is 0 Å². The van der Waals surface area contributed by atoms with Crippen LogP contribution in [-0.2, 0) is 0 Å². The normalized spacial score (nSPS) is 82.7. The first-order valence-electron chi connectivity index (χ1n) is 4.22. The van der Waals surface area contributed by atoms with E-state index in [-0.39, 0.29) is 0 Å². The number of allylic oxidation sites excluding steroid dienone is 2. The minimum Gasteiger partial charge on any atom is -0.0624 e. The van der Waals surface area contributed by atoms with Gasteiger partial charge in [0.15, 0.2) is 0 Å². The molecule has 0 saturated heterocycles. The van der Waals surface area contributed by atoms with E-state index >= 15 is 0 Å². The molecule has 0 aliphatic heterocycles. The molecule has 4 saturated carbocycles. The lowest BCUT2D eigenvalue weighted by Crippen LogP contribution is -2.00. The lowest BCUT2D eigenvalue weighted by atomic mass is 10.0. The molecule has 0 radical (unpaired) electrons. The van der Waals surface area contributed by atoms with Gasteiger partial charge in [-0.25, -0.2) is 0 Å². The summed E-state index contributed by atoms with van der Waals surface area (Å²) in [5.74, 6) is 7.21. The predicted octanol–water partition coefficient (Wildman–Crippen LogP) is 1.44. The van der Waals surface area contributed by atoms with Gasteiger partial charge < -0.3 is 0 Å². The van der Waals surface area contributed by atoms with Crippen molar-refractivity contribution in [3.63, 3.8) is 0 Å². The van der Waals surface area contributed by atoms with Crippen molar-refractivity contribution in [3.05, 3.63) is 11.1 Å². The van der Waals surface area contributed by atoms with E-state index < -0.39 is 0 Å². The van der Waals surface area contributed by atoms with Crippen molar-refractivity contribution >= 4 is 0 Å². The Morgan fingerprint density at radius 2 is 1.22 bits per heavy atom. The highest BCUT2D eigenvalue weighted by atomic mass is 14.9. The molecule has 0 heterocycles. The SMILES string of the molecule is C1C2[C@H]3C4=C5[C@@H]2[C@@H]5C1[C@@H]43. The molecule has 0 aromatic rings. The molecule has 0 nitrogen and oxygen atoms in total. The summed E-state index contributed by atoms with van der Waals surface area (Å²) in [6, 6.07) is 0. The molecule has 6 rings (SSSR count). The molecular weight excluding hydrogens is 108 g/mol. The van der Waals surface area contributed by atoms with Crippen LogP contribution in [0.2, 0.25) is 0 Å². The quantitative estimate of drug-likeness (QED) is 0.420. The summed E-state index contributed by atoms with van der Waals surface area (Å²) >= 11 is 0. The van der Waals surface area contributed by atoms with Gasteiger partial charge in [-0.3, -0.25) is 0 Å². The van der Waals surface area contributed by atoms with E-state index in [1.165, 1.54) is 35.5 Å². The summed E-state index contributed by atoms with van der Waals surface area (Å²) in [5.41, 5.74) is 3.98. The Hall–Kier alpha value is -0.260. The van der Waals surface area contributed by atoms with E-state index in [0.29, 0.717) is 0 Å². The zero-order valence-corrected chi connectivity index (χ0v) is 5.17. The third-order valence-corrected chi connectivity index (χ3v) is 4.71. The van der Waals surface area contributed by atoms with E-state index in [2.05, 4.69) is 0 Å². The van der Waals surface area contributed by atoms with Crippen LogP contribution in [0, 0.1) is 35.5 Å². The molecular formula is C9H8. The molecule has 0 aromatic carbocycles. The van der Waals surface area contributed by atoms with E-state index in [4.69, 9.17) is 0 Å². The molecule has 44 valence electrons. The summed E-state index contributed by atoms with van der Waals surface area (Å²) in [7, 11) is 0. The number of rotatable bonds is 0. The fourth-order valence-corrected chi connectivity index (χ4v) is 4.71. The Morgan fingerprint density at radius 1 is 0.778 bits per heavy atom. The van der Waals surface area contributed by atoms with Gasteiger partial charge in [-0.05, 0) is 41.9 Å². The Morgan fingerprint density at radius 3 is 1.44 bits per heavy atom. The molecule has 0 amide bonds. The van der Waals surface area contributed by atoms with E-state index in [1.807, 2.05) is 11.1 Å². The maximum Gasteiger partial charge on any atom is -0.00941 e. The molecule has 0 N–H and O–H groups in total. The predicted molar refractivity (Wildman–Crippen MR) is 32.6 cm³/mol. The Labute approximate surface area is 53.9 Å². The molecule has 6 aliphatic carbocycles. The summed E-state index contributed by atoms with van der Waals surface area (Å²) < 4.78 is 0. The van der Waals surface area contributed by atoms with E-state index in [0.717, 1.165) is 0 Å². The lowest BCUT2D eigenvalue weighted by molar-refractivity contribution is 0.434. The van der Waals surface area contributed by atoms with Crippen molar-refractivity contribution in [3.8, 4) is 0 Å². The van der Waals surface area contributed by atoms with Crippen LogP contribution in [0.1, 0.15) is 6.42 Å². The zero-order valence-electron chi connectivity index (χ0n) is 5.17. The minimum absolute atomic E-state index is 1.19. The summed E-state index contributed by atoms with van der Waals surface area (Å²) in [4.78, 5) is 0. The Bertz CT molecular complexity index is 234. The van der Waals surface area contributed by atoms with Gasteiger partial charge in [-0.1, -0.05) is 11.1 Å². The number of hydrogen-bond acceptors (Lipinski definition) is 0. The van der Waals surface area contributed by atoms with Gasteiger partial charge >= 0.3 is 0 Å². The second-order valence-corrected chi connectivity index (χ2v) is 4.58. The van der Waals surface area contributed by atoms with Gasteiger partial charge in [-0.2, -0.15) is 0 Å². The average Bonchev–Trinajstić information content (AvgIpc) is 2.61. The summed E-state index contributed by atoms with van der Waals surface area (Å²) in [6.45, 7) is 0. The Balaban J connectivity index is 2.15. The smallest absolute Gasteiger partial charge is 0.00941 e. The highest BCUT2D eigenvalue weighted by molar-refractivity contribution is 5.64. The van der Waals surface area contributed by atoms with Crippen LogP contribution in [0.5, 0.6) is 0 Å². The lowest BCUT2D eigenvalue weighted by Gasteiger charge is -2.01. The molecule has 6 atom stereocenters. The fourth-order valence-electron chi connectivity index (χ4n) is 4.71. The molecule has 2 unspecified atom stereocenters. The van der Waals surface area contributed by atoms with Crippen LogP contribution < -0.4 is 0 Å². The topological polar surface area (TPSA) is 0 Å². The van der Waals surface area contributed by atoms with Crippen molar-refractivity contribution in [1.82, 2.24) is 0 Å². The van der Waals surface area contributed by atoms with Crippen LogP contribution in [0.3, 0.4) is 0 Å². The molecule has 9 heavy (non-hydrogen) atoms. The standard InChI is InChI=1S/C9H8/c1-2-4-6-3(1)7-5(2)9(7)8(4)6/h2-7H,1H2/t2?,3?,4-,5+,6-,7+. The second kappa shape index (κ2) is 0.574. The highest BCUT2D eigenvalue weighted by Gasteiger charge is 2.84. The van der Waals surface area contributed by atoms with Gasteiger partial charge in [0.05, 0.1) is 0 Å². The molecule has 4 fully saturated rings. The maximum absolute atomic E-state index is 1.99. The molecule has 0 spiro atoms. The van der Waals surface area contributed by atoms with E-state index in [9.17, 15) is 0 Å². The van der Waals surface area contributed by atoms with Gasteiger partial charge in [0.1, 0.15) is 0 Å².